The second-order valence-electron chi connectivity index (χ2n) is 8.90. The van der Waals surface area contributed by atoms with Gasteiger partial charge in [0.25, 0.3) is 5.56 Å². The fourth-order valence-corrected chi connectivity index (χ4v) is 3.53. The highest BCUT2D eigenvalue weighted by Crippen LogP contribution is 2.20. The van der Waals surface area contributed by atoms with E-state index in [1.54, 1.807) is 11.8 Å². The Morgan fingerprint density at radius 2 is 1.73 bits per heavy atom. The lowest BCUT2D eigenvalue weighted by molar-refractivity contribution is -0.120. The molecule has 0 bridgehead atoms. The summed E-state index contributed by atoms with van der Waals surface area (Å²) in [6, 6.07) is 3.61. The maximum absolute atomic E-state index is 14.1. The lowest BCUT2D eigenvalue weighted by Gasteiger charge is -2.29. The maximum Gasteiger partial charge on any atom is 0.330 e. The molecule has 1 heterocycles. The molecule has 1 amide bonds. The van der Waals surface area contributed by atoms with Crippen LogP contribution in [-0.4, -0.2) is 40.0 Å². The fourth-order valence-electron chi connectivity index (χ4n) is 3.53. The van der Waals surface area contributed by atoms with Crippen LogP contribution in [0.2, 0.25) is 0 Å². The van der Waals surface area contributed by atoms with Gasteiger partial charge in [-0.3, -0.25) is 24.0 Å². The lowest BCUT2D eigenvalue weighted by atomic mass is 10.1. The highest BCUT2D eigenvalue weighted by molar-refractivity contribution is 5.96. The number of hydrogen-bond acceptors (Lipinski definition) is 5. The van der Waals surface area contributed by atoms with Crippen molar-refractivity contribution in [3.05, 3.63) is 56.2 Å². The van der Waals surface area contributed by atoms with Gasteiger partial charge in [0.05, 0.1) is 6.54 Å². The minimum atomic E-state index is -0.755. The van der Waals surface area contributed by atoms with Crippen molar-refractivity contribution < 1.29 is 13.6 Å². The van der Waals surface area contributed by atoms with Crippen LogP contribution < -0.4 is 21.9 Å². The zero-order valence-corrected chi connectivity index (χ0v) is 19.8. The molecular weight excluding hydrogens is 432 g/mol. The van der Waals surface area contributed by atoms with Crippen molar-refractivity contribution in [3.63, 3.8) is 0 Å². The first-order valence-corrected chi connectivity index (χ1v) is 11.0. The van der Waals surface area contributed by atoms with Crippen molar-refractivity contribution >= 4 is 17.4 Å². The van der Waals surface area contributed by atoms with Gasteiger partial charge in [0, 0.05) is 25.2 Å². The Labute approximate surface area is 192 Å². The number of nitrogens with two attached hydrogens (primary N) is 1. The monoisotopic (exact) mass is 465 g/mol. The molecule has 0 saturated heterocycles. The van der Waals surface area contributed by atoms with E-state index in [1.165, 1.54) is 15.5 Å². The Kier molecular flexibility index (Phi) is 8.92. The zero-order chi connectivity index (χ0) is 24.9. The van der Waals surface area contributed by atoms with Gasteiger partial charge in [0.1, 0.15) is 17.5 Å². The molecule has 2 rings (SSSR count). The number of halogens is 2. The molecule has 0 aliphatic heterocycles. The second kappa shape index (κ2) is 11.2. The van der Waals surface area contributed by atoms with Crippen LogP contribution in [-0.2, 0) is 17.9 Å². The molecule has 0 spiro atoms. The first-order chi connectivity index (χ1) is 15.5. The van der Waals surface area contributed by atoms with Gasteiger partial charge in [-0.15, -0.1) is 0 Å². The Balaban J connectivity index is 2.43. The number of hydrogen-bond donors (Lipinski definition) is 2. The number of nitrogens with one attached hydrogen (secondary N) is 1. The van der Waals surface area contributed by atoms with Crippen LogP contribution in [0.25, 0.3) is 0 Å². The quantitative estimate of drug-likeness (QED) is 0.561. The van der Waals surface area contributed by atoms with E-state index in [-0.39, 0.29) is 55.1 Å². The molecule has 3 N–H and O–H groups in total. The molecule has 0 aliphatic carbocycles. The van der Waals surface area contributed by atoms with Gasteiger partial charge in [-0.1, -0.05) is 40.7 Å². The van der Waals surface area contributed by atoms with Crippen molar-refractivity contribution in [2.45, 2.75) is 47.7 Å². The van der Waals surface area contributed by atoms with Crippen LogP contribution in [0.3, 0.4) is 0 Å². The van der Waals surface area contributed by atoms with Crippen LogP contribution in [0.1, 0.15) is 40.2 Å². The number of amides is 1. The Morgan fingerprint density at radius 1 is 1.12 bits per heavy atom. The van der Waals surface area contributed by atoms with Gasteiger partial charge in [0.15, 0.2) is 5.69 Å². The summed E-state index contributed by atoms with van der Waals surface area (Å²) >= 11 is 0. The number of likely N-dealkylation sites (N-methyl/N-ethyl adjacent to an activating group) is 1. The summed E-state index contributed by atoms with van der Waals surface area (Å²) in [5, 5.41) is 0. The van der Waals surface area contributed by atoms with Gasteiger partial charge >= 0.3 is 5.69 Å². The van der Waals surface area contributed by atoms with Crippen LogP contribution in [0.5, 0.6) is 0 Å². The molecule has 33 heavy (non-hydrogen) atoms. The van der Waals surface area contributed by atoms with E-state index >= 15 is 0 Å². The van der Waals surface area contributed by atoms with Gasteiger partial charge in [-0.05, 0) is 30.5 Å². The van der Waals surface area contributed by atoms with Crippen LogP contribution in [0, 0.1) is 23.5 Å². The summed E-state index contributed by atoms with van der Waals surface area (Å²) in [7, 11) is 0. The number of aromatic nitrogens is 2. The average molecular weight is 466 g/mol. The number of H-pyrrole nitrogens is 1. The molecule has 0 atom stereocenters. The van der Waals surface area contributed by atoms with Gasteiger partial charge < -0.3 is 10.6 Å². The number of carbonyl (C=O) groups is 1. The molecule has 0 aliphatic rings. The first kappa shape index (κ1) is 26.2. The number of aromatic amines is 1. The molecule has 0 radical (unpaired) electrons. The fraction of sp³-hybridized carbons (Fsp3) is 0.522. The smallest absolute Gasteiger partial charge is 0.330 e. The number of anilines is 2. The third-order valence-corrected chi connectivity index (χ3v) is 5.13. The second-order valence-corrected chi connectivity index (χ2v) is 8.90. The standard InChI is InChI=1S/C23H33F2N5O3/c1-6-28(12-16-17(24)8-7-9-18(16)25)13-19(31)29(10-14(2)3)20-21(26)30(11-15(4)5)23(33)27-22(20)32/h7-9,14-15H,6,10-13,26H2,1-5H3,(H,27,32,33). The van der Waals surface area contributed by atoms with E-state index in [2.05, 4.69) is 4.98 Å². The number of nitrogens with zero attached hydrogens (tertiary/aromatic N) is 3. The van der Waals surface area contributed by atoms with Crippen molar-refractivity contribution in [2.24, 2.45) is 11.8 Å². The predicted molar refractivity (Wildman–Crippen MR) is 125 cm³/mol. The van der Waals surface area contributed by atoms with Crippen LogP contribution in [0.4, 0.5) is 20.3 Å². The molecular formula is C23H33F2N5O3. The Hall–Kier alpha value is -3.01. The third-order valence-electron chi connectivity index (χ3n) is 5.13. The SMILES string of the molecule is CCN(CC(=O)N(CC(C)C)c1c(N)n(CC(C)C)c(=O)[nH]c1=O)Cc1c(F)cccc1F. The molecule has 1 aromatic heterocycles. The molecule has 0 unspecified atom stereocenters. The van der Waals surface area contributed by atoms with Crippen molar-refractivity contribution in [1.82, 2.24) is 14.5 Å². The van der Waals surface area contributed by atoms with E-state index < -0.39 is 28.8 Å². The number of benzene rings is 1. The Morgan fingerprint density at radius 3 is 2.24 bits per heavy atom. The van der Waals surface area contributed by atoms with Crippen molar-refractivity contribution in [2.75, 3.05) is 30.3 Å². The van der Waals surface area contributed by atoms with Crippen molar-refractivity contribution in [3.8, 4) is 0 Å². The molecule has 2 aromatic rings. The van der Waals surface area contributed by atoms with E-state index in [9.17, 15) is 23.2 Å². The number of rotatable bonds is 10. The number of carbonyl (C=O) groups excluding carboxylic acids is 1. The minimum Gasteiger partial charge on any atom is -0.383 e. The van der Waals surface area contributed by atoms with Gasteiger partial charge in [-0.25, -0.2) is 13.6 Å². The normalized spacial score (nSPS) is 11.6. The van der Waals surface area contributed by atoms with Crippen LogP contribution >= 0.6 is 0 Å². The molecule has 0 saturated carbocycles. The minimum absolute atomic E-state index is 0.0164. The summed E-state index contributed by atoms with van der Waals surface area (Å²) in [6.07, 6.45) is 0. The molecule has 0 fully saturated rings. The summed E-state index contributed by atoms with van der Waals surface area (Å²) in [5.74, 6) is -1.88. The third kappa shape index (κ3) is 6.50. The van der Waals surface area contributed by atoms with Gasteiger partial charge in [0.2, 0.25) is 5.91 Å². The molecule has 182 valence electrons. The summed E-state index contributed by atoms with van der Waals surface area (Å²) < 4.78 is 29.5. The lowest BCUT2D eigenvalue weighted by Crippen LogP contribution is -2.46. The average Bonchev–Trinajstić information content (AvgIpc) is 2.71. The summed E-state index contributed by atoms with van der Waals surface area (Å²) in [5.41, 5.74) is 4.58. The van der Waals surface area contributed by atoms with E-state index in [0.29, 0.717) is 6.54 Å². The molecule has 10 heteroatoms. The van der Waals surface area contributed by atoms with E-state index in [1.807, 2.05) is 27.7 Å². The highest BCUT2D eigenvalue weighted by atomic mass is 19.1. The molecule has 1 aromatic carbocycles. The summed E-state index contributed by atoms with van der Waals surface area (Å²) in [6.45, 7) is 9.79. The Bertz CT molecular complexity index is 1070. The van der Waals surface area contributed by atoms with Crippen molar-refractivity contribution in [1.29, 1.82) is 0 Å². The van der Waals surface area contributed by atoms with E-state index in [4.69, 9.17) is 5.73 Å². The highest BCUT2D eigenvalue weighted by Gasteiger charge is 2.27. The number of nitrogen functional groups attached to an aromatic ring is 1. The first-order valence-electron chi connectivity index (χ1n) is 11.0. The zero-order valence-electron chi connectivity index (χ0n) is 19.8. The largest absolute Gasteiger partial charge is 0.383 e. The van der Waals surface area contributed by atoms with Gasteiger partial charge in [-0.2, -0.15) is 0 Å². The maximum atomic E-state index is 14.1. The predicted octanol–water partition coefficient (Wildman–Crippen LogP) is 2.56. The molecule has 8 nitrogen and oxygen atoms in total. The van der Waals surface area contributed by atoms with Crippen LogP contribution in [0.15, 0.2) is 27.8 Å². The van der Waals surface area contributed by atoms with E-state index in [0.717, 1.165) is 12.1 Å². The topological polar surface area (TPSA) is 104 Å². The summed E-state index contributed by atoms with van der Waals surface area (Å²) in [4.78, 5) is 43.4.